The number of rotatable bonds is 8. The van der Waals surface area contributed by atoms with Gasteiger partial charge in [0.25, 0.3) is 0 Å². The maximum absolute atomic E-state index is 5.76. The molecule has 148 valence electrons. The van der Waals surface area contributed by atoms with Gasteiger partial charge >= 0.3 is 0 Å². The number of ether oxygens (including phenoxy) is 2. The minimum atomic E-state index is 0.0225. The lowest BCUT2D eigenvalue weighted by molar-refractivity contribution is 0.340. The molecule has 0 spiro atoms. The van der Waals surface area contributed by atoms with E-state index in [-0.39, 0.29) is 5.96 Å². The molecule has 0 atom stereocenters. The Morgan fingerprint density at radius 1 is 0.929 bits per heavy atom. The third kappa shape index (κ3) is 6.20. The van der Waals surface area contributed by atoms with Crippen molar-refractivity contribution in [2.24, 2.45) is 21.0 Å². The number of benzene rings is 2. The largest absolute Gasteiger partial charge is 0.493 e. The monoisotopic (exact) mass is 383 g/mol. The van der Waals surface area contributed by atoms with Crippen molar-refractivity contribution in [3.8, 4) is 11.5 Å². The molecule has 0 fully saturated rings. The molecule has 0 bridgehead atoms. The van der Waals surface area contributed by atoms with Crippen LogP contribution in [-0.2, 0) is 0 Å². The van der Waals surface area contributed by atoms with E-state index < -0.39 is 0 Å². The zero-order valence-corrected chi connectivity index (χ0v) is 15.9. The molecule has 28 heavy (non-hydrogen) atoms. The quantitative estimate of drug-likeness (QED) is 0.237. The lowest BCUT2D eigenvalue weighted by atomic mass is 10.2. The highest BCUT2D eigenvalue weighted by atomic mass is 16.5. The summed E-state index contributed by atoms with van der Waals surface area (Å²) in [7, 11) is 0. The second kappa shape index (κ2) is 10.4. The summed E-state index contributed by atoms with van der Waals surface area (Å²) in [5.41, 5.74) is 22.6. The molecule has 2 rings (SSSR count). The number of nitrogens with one attached hydrogen (secondary N) is 1. The molecule has 2 aromatic rings. The molecular formula is C19H25N7O2. The first-order chi connectivity index (χ1) is 13.5. The van der Waals surface area contributed by atoms with Crippen LogP contribution >= 0.6 is 0 Å². The maximum Gasteiger partial charge on any atom is 0.234 e. The van der Waals surface area contributed by atoms with Crippen LogP contribution in [0.15, 0.2) is 51.7 Å². The number of nitrogens with two attached hydrogens (primary N) is 3. The van der Waals surface area contributed by atoms with Gasteiger partial charge in [0.15, 0.2) is 0 Å². The first-order valence-electron chi connectivity index (χ1n) is 8.73. The van der Waals surface area contributed by atoms with Crippen molar-refractivity contribution in [3.63, 3.8) is 0 Å². The summed E-state index contributed by atoms with van der Waals surface area (Å²) in [4.78, 5) is 0. The van der Waals surface area contributed by atoms with Crippen LogP contribution in [0.1, 0.15) is 25.0 Å². The molecule has 0 aromatic heterocycles. The first-order valence-corrected chi connectivity index (χ1v) is 8.73. The van der Waals surface area contributed by atoms with Gasteiger partial charge in [0, 0.05) is 34.6 Å². The Hall–Kier alpha value is -3.75. The summed E-state index contributed by atoms with van der Waals surface area (Å²) in [6, 6.07) is 10.6. The van der Waals surface area contributed by atoms with Gasteiger partial charge in [0.05, 0.1) is 25.6 Å². The van der Waals surface area contributed by atoms with E-state index in [0.29, 0.717) is 36.1 Å². The highest BCUT2D eigenvalue weighted by Crippen LogP contribution is 2.21. The Morgan fingerprint density at radius 3 is 2.00 bits per heavy atom. The van der Waals surface area contributed by atoms with Crippen LogP contribution in [-0.4, -0.2) is 31.6 Å². The number of nitrogens with zero attached hydrogens (tertiary/aromatic N) is 3. The number of hydrogen-bond donors (Lipinski definition) is 4. The Morgan fingerprint density at radius 2 is 1.46 bits per heavy atom. The fourth-order valence-corrected chi connectivity index (χ4v) is 2.22. The zero-order chi connectivity index (χ0) is 20.4. The number of hydrazone groups is 1. The van der Waals surface area contributed by atoms with Gasteiger partial charge in [-0.3, -0.25) is 0 Å². The van der Waals surface area contributed by atoms with E-state index in [9.17, 15) is 0 Å². The van der Waals surface area contributed by atoms with Crippen molar-refractivity contribution in [2.45, 2.75) is 13.8 Å². The summed E-state index contributed by atoms with van der Waals surface area (Å²) in [6.45, 7) is 4.81. The van der Waals surface area contributed by atoms with Crippen LogP contribution in [0.5, 0.6) is 11.5 Å². The van der Waals surface area contributed by atoms with Gasteiger partial charge in [0.2, 0.25) is 5.96 Å². The predicted molar refractivity (Wildman–Crippen MR) is 114 cm³/mol. The number of guanidine groups is 1. The fourth-order valence-electron chi connectivity index (χ4n) is 2.22. The van der Waals surface area contributed by atoms with Gasteiger partial charge in [-0.25, -0.2) is 5.43 Å². The Balaban J connectivity index is 2.02. The van der Waals surface area contributed by atoms with Gasteiger partial charge in [-0.2, -0.15) is 10.2 Å². The maximum atomic E-state index is 5.76. The average Bonchev–Trinajstić information content (AvgIpc) is 2.66. The number of hydrogen-bond acceptors (Lipinski definition) is 7. The lowest BCUT2D eigenvalue weighted by Crippen LogP contribution is -2.26. The predicted octanol–water partition coefficient (Wildman–Crippen LogP) is 1.92. The Kier molecular flexibility index (Phi) is 7.64. The summed E-state index contributed by atoms with van der Waals surface area (Å²) in [5.74, 6) is 1.28. The highest BCUT2D eigenvalue weighted by Gasteiger charge is 2.02. The van der Waals surface area contributed by atoms with E-state index >= 15 is 0 Å². The van der Waals surface area contributed by atoms with Crippen LogP contribution in [0, 0.1) is 0 Å². The molecule has 0 aliphatic carbocycles. The van der Waals surface area contributed by atoms with Crippen LogP contribution in [0.2, 0.25) is 0 Å². The van der Waals surface area contributed by atoms with Gasteiger partial charge in [-0.05, 0) is 38.1 Å². The molecule has 0 aliphatic heterocycles. The molecular weight excluding hydrogens is 358 g/mol. The van der Waals surface area contributed by atoms with E-state index in [0.717, 1.165) is 11.1 Å². The molecule has 9 nitrogen and oxygen atoms in total. The summed E-state index contributed by atoms with van der Waals surface area (Å²) in [5, 5.41) is 11.8. The Labute approximate surface area is 163 Å². The normalized spacial score (nSPS) is 11.9. The summed E-state index contributed by atoms with van der Waals surface area (Å²) in [6.07, 6.45) is 3.08. The van der Waals surface area contributed by atoms with Crippen LogP contribution < -0.4 is 32.1 Å². The molecule has 0 radical (unpaired) electrons. The zero-order valence-electron chi connectivity index (χ0n) is 15.9. The van der Waals surface area contributed by atoms with Crippen molar-refractivity contribution < 1.29 is 9.47 Å². The van der Waals surface area contributed by atoms with E-state index in [1.165, 1.54) is 6.21 Å². The smallest absolute Gasteiger partial charge is 0.234 e. The Bertz CT molecular complexity index is 879. The number of anilines is 2. The van der Waals surface area contributed by atoms with Gasteiger partial charge < -0.3 is 26.7 Å². The molecule has 0 amide bonds. The SMILES string of the molecule is CCOc1cc(N)ccc1C=NN=C(N)NN=Cc1ccc(N)cc1OCC. The topological polar surface area (TPSA) is 146 Å². The molecule has 7 N–H and O–H groups in total. The minimum absolute atomic E-state index is 0.0225. The van der Waals surface area contributed by atoms with Crippen molar-refractivity contribution >= 4 is 29.8 Å². The average molecular weight is 383 g/mol. The summed E-state index contributed by atoms with van der Waals surface area (Å²) >= 11 is 0. The fraction of sp³-hybridized carbons (Fsp3) is 0.211. The molecule has 0 saturated heterocycles. The number of nitrogen functional groups attached to an aromatic ring is 2. The second-order valence-electron chi connectivity index (χ2n) is 5.56. The van der Waals surface area contributed by atoms with Crippen molar-refractivity contribution in [2.75, 3.05) is 24.7 Å². The van der Waals surface area contributed by atoms with E-state index in [1.807, 2.05) is 13.8 Å². The third-order valence-electron chi connectivity index (χ3n) is 3.42. The third-order valence-corrected chi connectivity index (χ3v) is 3.42. The van der Waals surface area contributed by atoms with Gasteiger partial charge in [-0.1, -0.05) is 0 Å². The molecule has 0 aliphatic rings. The van der Waals surface area contributed by atoms with Crippen molar-refractivity contribution in [1.82, 2.24) is 5.43 Å². The lowest BCUT2D eigenvalue weighted by Gasteiger charge is -2.07. The molecule has 0 unspecified atom stereocenters. The second-order valence-corrected chi connectivity index (χ2v) is 5.56. The molecule has 2 aromatic carbocycles. The highest BCUT2D eigenvalue weighted by molar-refractivity contribution is 5.87. The standard InChI is InChI=1S/C19H25N7O2/c1-3-27-17-9-15(20)7-5-13(17)11-23-25-19(22)26-24-12-14-6-8-16(21)10-18(14)28-4-2/h5-12H,3-4,20-21H2,1-2H3,(H3,22,25,26). The van der Waals surface area contributed by atoms with Crippen molar-refractivity contribution in [1.29, 1.82) is 0 Å². The van der Waals surface area contributed by atoms with E-state index in [4.69, 9.17) is 26.7 Å². The van der Waals surface area contributed by atoms with Crippen LogP contribution in [0.3, 0.4) is 0 Å². The van der Waals surface area contributed by atoms with Crippen LogP contribution in [0.25, 0.3) is 0 Å². The molecule has 0 saturated carbocycles. The molecule has 0 heterocycles. The van der Waals surface area contributed by atoms with Crippen molar-refractivity contribution in [3.05, 3.63) is 47.5 Å². The first kappa shape index (κ1) is 20.6. The van der Waals surface area contributed by atoms with E-state index in [1.54, 1.807) is 42.6 Å². The van der Waals surface area contributed by atoms with Gasteiger partial charge in [-0.15, -0.1) is 5.10 Å². The van der Waals surface area contributed by atoms with E-state index in [2.05, 4.69) is 20.7 Å². The molecule has 9 heteroatoms. The minimum Gasteiger partial charge on any atom is -0.493 e. The van der Waals surface area contributed by atoms with Gasteiger partial charge in [0.1, 0.15) is 11.5 Å². The summed E-state index contributed by atoms with van der Waals surface area (Å²) < 4.78 is 11.0. The van der Waals surface area contributed by atoms with Crippen LogP contribution in [0.4, 0.5) is 11.4 Å².